The molecule has 0 spiro atoms. The molecule has 2 rings (SSSR count). The molecule has 0 amide bonds. The summed E-state index contributed by atoms with van der Waals surface area (Å²) in [6.45, 7) is -0.248. The molecule has 1 N–H and O–H groups in total. The average Bonchev–Trinajstić information content (AvgIpc) is 3.03. The third-order valence-corrected chi connectivity index (χ3v) is 4.88. The number of ether oxygens (including phenoxy) is 1. The van der Waals surface area contributed by atoms with Crippen LogP contribution in [0.2, 0.25) is 0 Å². The Hall–Kier alpha value is -0.580. The summed E-state index contributed by atoms with van der Waals surface area (Å²) >= 11 is -1.00. The minimum Gasteiger partial charge on any atom is -0.462 e. The van der Waals surface area contributed by atoms with Crippen molar-refractivity contribution in [3.05, 3.63) is 0 Å². The molecule has 4 unspecified atom stereocenters. The van der Waals surface area contributed by atoms with Crippen molar-refractivity contribution in [2.45, 2.75) is 36.9 Å². The van der Waals surface area contributed by atoms with Crippen LogP contribution in [0.15, 0.2) is 0 Å². The Morgan fingerprint density at radius 1 is 1.24 bits per heavy atom. The minimum absolute atomic E-state index is 0.0230. The molecule has 2 saturated carbocycles. The number of alkyl halides is 4. The van der Waals surface area contributed by atoms with E-state index >= 15 is 0 Å². The predicted molar refractivity (Wildman–Crippen MR) is 62.2 cm³/mol. The van der Waals surface area contributed by atoms with E-state index in [1.54, 1.807) is 0 Å². The highest BCUT2D eigenvalue weighted by molar-refractivity contribution is 7.96. The van der Waals surface area contributed by atoms with Crippen molar-refractivity contribution in [1.82, 2.24) is 0 Å². The summed E-state index contributed by atoms with van der Waals surface area (Å²) in [5, 5.41) is 6.29. The van der Waals surface area contributed by atoms with Crippen LogP contribution >= 0.6 is 12.0 Å². The number of halogens is 4. The Morgan fingerprint density at radius 2 is 1.95 bits per heavy atom. The lowest BCUT2D eigenvalue weighted by Gasteiger charge is -2.25. The number of hydrogen-bond acceptors (Lipinski definition) is 6. The molecular weight excluding hydrogens is 320 g/mol. The fourth-order valence-electron chi connectivity index (χ4n) is 3.12. The van der Waals surface area contributed by atoms with Gasteiger partial charge in [0.2, 0.25) is 0 Å². The van der Waals surface area contributed by atoms with E-state index in [9.17, 15) is 22.4 Å². The smallest absolute Gasteiger partial charge is 0.446 e. The minimum atomic E-state index is -5.57. The Kier molecular flexibility index (Phi) is 5.01. The van der Waals surface area contributed by atoms with Gasteiger partial charge in [-0.15, -0.1) is 4.33 Å². The molecule has 0 aromatic rings. The lowest BCUT2D eigenvalue weighted by Crippen LogP contribution is -2.47. The first-order valence-electron chi connectivity index (χ1n) is 6.36. The van der Waals surface area contributed by atoms with Crippen LogP contribution in [0.4, 0.5) is 17.6 Å². The first-order chi connectivity index (χ1) is 9.78. The van der Waals surface area contributed by atoms with Gasteiger partial charge in [0.15, 0.2) is 0 Å². The van der Waals surface area contributed by atoms with Gasteiger partial charge in [-0.25, -0.2) is 14.4 Å². The maximum Gasteiger partial charge on any atom is 0.446 e. The van der Waals surface area contributed by atoms with E-state index in [0.29, 0.717) is 11.8 Å². The fraction of sp³-hybridized carbons (Fsp3) is 0.909. The Labute approximate surface area is 122 Å². The van der Waals surface area contributed by atoms with Crippen molar-refractivity contribution in [2.75, 3.05) is 6.61 Å². The lowest BCUT2D eigenvalue weighted by molar-refractivity contribution is -0.433. The molecule has 21 heavy (non-hydrogen) atoms. The van der Waals surface area contributed by atoms with Gasteiger partial charge in [-0.2, -0.15) is 13.2 Å². The van der Waals surface area contributed by atoms with E-state index in [1.165, 1.54) is 0 Å². The van der Waals surface area contributed by atoms with Gasteiger partial charge in [-0.05, 0) is 37.0 Å². The topological polar surface area (TPSA) is 65.0 Å². The Morgan fingerprint density at radius 3 is 2.43 bits per heavy atom. The molecule has 2 aliphatic carbocycles. The zero-order valence-electron chi connectivity index (χ0n) is 10.8. The van der Waals surface area contributed by atoms with Gasteiger partial charge >= 0.3 is 17.1 Å². The van der Waals surface area contributed by atoms with Gasteiger partial charge in [0, 0.05) is 0 Å². The molecule has 10 heteroatoms. The number of carbonyl (C=O) groups is 1. The van der Waals surface area contributed by atoms with Crippen LogP contribution in [0.5, 0.6) is 0 Å². The molecule has 0 aromatic heterocycles. The predicted octanol–water partition coefficient (Wildman–Crippen LogP) is 3.26. The van der Waals surface area contributed by atoms with Crippen molar-refractivity contribution in [3.8, 4) is 0 Å². The van der Waals surface area contributed by atoms with Crippen molar-refractivity contribution < 1.29 is 41.7 Å². The van der Waals surface area contributed by atoms with Crippen LogP contribution < -0.4 is 0 Å². The fourth-order valence-corrected chi connectivity index (χ4v) is 3.46. The van der Waals surface area contributed by atoms with Gasteiger partial charge in [0.25, 0.3) is 0 Å². The van der Waals surface area contributed by atoms with Gasteiger partial charge < -0.3 is 4.74 Å². The van der Waals surface area contributed by atoms with Crippen molar-refractivity contribution in [3.63, 3.8) is 0 Å². The van der Waals surface area contributed by atoms with Crippen LogP contribution in [-0.2, 0) is 18.9 Å². The number of esters is 1. The van der Waals surface area contributed by atoms with E-state index in [1.807, 2.05) is 0 Å². The van der Waals surface area contributed by atoms with Crippen molar-refractivity contribution in [2.24, 2.45) is 17.8 Å². The summed E-state index contributed by atoms with van der Waals surface area (Å²) in [6.07, 6.45) is -1.75. The second-order valence-electron chi connectivity index (χ2n) is 5.35. The first-order valence-corrected chi connectivity index (χ1v) is 7.11. The average molecular weight is 334 g/mol. The van der Waals surface area contributed by atoms with Crippen LogP contribution in [0.25, 0.3) is 0 Å². The molecule has 0 radical (unpaired) electrons. The van der Waals surface area contributed by atoms with Gasteiger partial charge in [0.05, 0.1) is 18.6 Å². The number of carbonyl (C=O) groups excluding carboxylic acids is 1. The third-order valence-electron chi connectivity index (χ3n) is 4.12. The second-order valence-corrected chi connectivity index (χ2v) is 6.22. The Bertz CT molecular complexity index is 393. The Balaban J connectivity index is 1.92. The molecule has 0 heterocycles. The monoisotopic (exact) mass is 334 g/mol. The highest BCUT2D eigenvalue weighted by Crippen LogP contribution is 2.49. The molecule has 122 valence electrons. The zero-order valence-corrected chi connectivity index (χ0v) is 11.6. The van der Waals surface area contributed by atoms with E-state index in [-0.39, 0.29) is 12.5 Å². The maximum absolute atomic E-state index is 13.8. The van der Waals surface area contributed by atoms with Crippen molar-refractivity contribution >= 4 is 18.0 Å². The molecule has 4 atom stereocenters. The van der Waals surface area contributed by atoms with E-state index in [0.717, 1.165) is 25.7 Å². The zero-order chi connectivity index (χ0) is 15.7. The quantitative estimate of drug-likeness (QED) is 0.264. The van der Waals surface area contributed by atoms with Crippen LogP contribution in [-0.4, -0.2) is 29.0 Å². The molecule has 0 aliphatic heterocycles. The molecular formula is C11H14F4O5S. The number of hydrogen-bond donors (Lipinski definition) is 1. The molecule has 2 bridgehead atoms. The van der Waals surface area contributed by atoms with Crippen LogP contribution in [0.1, 0.15) is 25.7 Å². The summed E-state index contributed by atoms with van der Waals surface area (Å²) in [5.74, 6) is -1.28. The highest BCUT2D eigenvalue weighted by Gasteiger charge is 2.66. The van der Waals surface area contributed by atoms with Crippen LogP contribution in [0, 0.1) is 17.8 Å². The molecule has 0 aromatic carbocycles. The molecule has 5 nitrogen and oxygen atoms in total. The molecule has 2 fully saturated rings. The largest absolute Gasteiger partial charge is 0.462 e. The van der Waals surface area contributed by atoms with Gasteiger partial charge in [-0.3, -0.25) is 0 Å². The summed E-state index contributed by atoms with van der Waals surface area (Å²) in [4.78, 5) is 11.4. The third kappa shape index (κ3) is 3.43. The molecule has 0 saturated heterocycles. The van der Waals surface area contributed by atoms with Gasteiger partial charge in [-0.1, -0.05) is 11.5 Å². The SMILES string of the molecule is O=C(OCC1CC2CCC1C2)C(F)(SOOO)C(F)(F)F. The summed E-state index contributed by atoms with van der Waals surface area (Å²) in [6, 6.07) is 0. The van der Waals surface area contributed by atoms with E-state index < -0.39 is 29.2 Å². The number of fused-ring (bicyclic) bond motifs is 2. The normalized spacial score (nSPS) is 31.2. The first kappa shape index (κ1) is 16.8. The maximum atomic E-state index is 13.8. The van der Waals surface area contributed by atoms with E-state index in [2.05, 4.69) is 14.1 Å². The van der Waals surface area contributed by atoms with Gasteiger partial charge in [0.1, 0.15) is 0 Å². The standard InChI is InChI=1S/C11H14F4O5S/c12-10(11(13,14)15,21-20-19-17)9(16)18-5-8-4-6-1-2-7(8)3-6/h6-8,17H,1-5H2. The number of rotatable bonds is 6. The van der Waals surface area contributed by atoms with Crippen LogP contribution in [0.3, 0.4) is 0 Å². The summed E-state index contributed by atoms with van der Waals surface area (Å²) in [7, 11) is 0. The summed E-state index contributed by atoms with van der Waals surface area (Å²) in [5.41, 5.74) is 0. The second kappa shape index (κ2) is 6.27. The van der Waals surface area contributed by atoms with E-state index in [4.69, 9.17) is 5.26 Å². The van der Waals surface area contributed by atoms with Crippen molar-refractivity contribution in [1.29, 1.82) is 0 Å². The molecule has 2 aliphatic rings. The summed E-state index contributed by atoms with van der Waals surface area (Å²) < 4.78 is 59.6. The lowest BCUT2D eigenvalue weighted by atomic mass is 9.89. The highest BCUT2D eigenvalue weighted by atomic mass is 32.2.